The van der Waals surface area contributed by atoms with E-state index in [1.54, 1.807) is 20.3 Å². The largest absolute Gasteiger partial charge is 0.493 e. The van der Waals surface area contributed by atoms with E-state index in [1.165, 1.54) is 19.3 Å². The maximum absolute atomic E-state index is 6.01. The highest BCUT2D eigenvalue weighted by atomic mass is 16.5. The summed E-state index contributed by atoms with van der Waals surface area (Å²) in [7, 11) is 3.24. The standard InChI is InChI=1S/C13H20N2O2/c1-13(5-4-6-13)15-10-8-12(17-3)11(16-2)7-9(10)14/h7-8,15H,4-6,14H2,1-3H3. The Labute approximate surface area is 102 Å². The van der Waals surface area contributed by atoms with E-state index in [-0.39, 0.29) is 5.54 Å². The van der Waals surface area contributed by atoms with Crippen LogP contribution in [-0.2, 0) is 0 Å². The van der Waals surface area contributed by atoms with Crippen LogP contribution in [0.15, 0.2) is 12.1 Å². The number of benzene rings is 1. The van der Waals surface area contributed by atoms with Crippen LogP contribution < -0.4 is 20.5 Å². The smallest absolute Gasteiger partial charge is 0.162 e. The van der Waals surface area contributed by atoms with E-state index in [0.29, 0.717) is 17.2 Å². The van der Waals surface area contributed by atoms with Crippen molar-refractivity contribution in [3.05, 3.63) is 12.1 Å². The van der Waals surface area contributed by atoms with Gasteiger partial charge in [0.15, 0.2) is 11.5 Å². The van der Waals surface area contributed by atoms with Crippen LogP contribution >= 0.6 is 0 Å². The van der Waals surface area contributed by atoms with Crippen molar-refractivity contribution in [3.8, 4) is 11.5 Å². The molecule has 0 amide bonds. The highest BCUT2D eigenvalue weighted by Crippen LogP contribution is 2.40. The Kier molecular flexibility index (Phi) is 3.05. The molecule has 0 saturated heterocycles. The summed E-state index contributed by atoms with van der Waals surface area (Å²) in [4.78, 5) is 0. The lowest BCUT2D eigenvalue weighted by Crippen LogP contribution is -2.41. The molecule has 0 unspecified atom stereocenters. The third kappa shape index (κ3) is 2.25. The fourth-order valence-electron chi connectivity index (χ4n) is 2.16. The molecule has 1 aliphatic carbocycles. The van der Waals surface area contributed by atoms with Crippen LogP contribution in [0.25, 0.3) is 0 Å². The molecular formula is C13H20N2O2. The van der Waals surface area contributed by atoms with E-state index in [2.05, 4.69) is 12.2 Å². The lowest BCUT2D eigenvalue weighted by molar-refractivity contribution is 0.306. The monoisotopic (exact) mass is 236 g/mol. The van der Waals surface area contributed by atoms with Crippen molar-refractivity contribution in [2.24, 2.45) is 0 Å². The van der Waals surface area contributed by atoms with E-state index < -0.39 is 0 Å². The normalized spacial score (nSPS) is 17.1. The van der Waals surface area contributed by atoms with Crippen LogP contribution in [0.3, 0.4) is 0 Å². The number of rotatable bonds is 4. The first-order valence-corrected chi connectivity index (χ1v) is 5.88. The average Bonchev–Trinajstić information content (AvgIpc) is 2.29. The molecule has 1 aliphatic rings. The van der Waals surface area contributed by atoms with Gasteiger partial charge in [-0.1, -0.05) is 0 Å². The van der Waals surface area contributed by atoms with Gasteiger partial charge in [0.2, 0.25) is 0 Å². The molecule has 1 aromatic carbocycles. The summed E-state index contributed by atoms with van der Waals surface area (Å²) in [6.07, 6.45) is 3.64. The predicted molar refractivity (Wildman–Crippen MR) is 69.8 cm³/mol. The third-order valence-electron chi connectivity index (χ3n) is 3.45. The molecule has 0 spiro atoms. The summed E-state index contributed by atoms with van der Waals surface area (Å²) in [5, 5.41) is 3.49. The van der Waals surface area contributed by atoms with Crippen LogP contribution in [0.4, 0.5) is 11.4 Å². The molecule has 4 heteroatoms. The van der Waals surface area contributed by atoms with Crippen molar-refractivity contribution in [3.63, 3.8) is 0 Å². The highest BCUT2D eigenvalue weighted by molar-refractivity contribution is 5.72. The summed E-state index contributed by atoms with van der Waals surface area (Å²) in [6, 6.07) is 3.70. The second kappa shape index (κ2) is 4.35. The second-order valence-electron chi connectivity index (χ2n) is 4.83. The number of hydrogen-bond donors (Lipinski definition) is 2. The zero-order valence-electron chi connectivity index (χ0n) is 10.7. The van der Waals surface area contributed by atoms with E-state index >= 15 is 0 Å². The number of anilines is 2. The Hall–Kier alpha value is -1.58. The van der Waals surface area contributed by atoms with Crippen molar-refractivity contribution < 1.29 is 9.47 Å². The van der Waals surface area contributed by atoms with Gasteiger partial charge in [0.25, 0.3) is 0 Å². The minimum Gasteiger partial charge on any atom is -0.493 e. The minimum absolute atomic E-state index is 0.174. The lowest BCUT2D eigenvalue weighted by atomic mass is 9.78. The van der Waals surface area contributed by atoms with Gasteiger partial charge >= 0.3 is 0 Å². The van der Waals surface area contributed by atoms with Crippen LogP contribution in [0.5, 0.6) is 11.5 Å². The molecule has 17 heavy (non-hydrogen) atoms. The molecule has 0 heterocycles. The fourth-order valence-corrected chi connectivity index (χ4v) is 2.16. The number of nitrogens with two attached hydrogens (primary N) is 1. The van der Waals surface area contributed by atoms with Gasteiger partial charge in [0.05, 0.1) is 25.6 Å². The van der Waals surface area contributed by atoms with Crippen molar-refractivity contribution in [1.82, 2.24) is 0 Å². The van der Waals surface area contributed by atoms with Gasteiger partial charge in [-0.25, -0.2) is 0 Å². The molecule has 0 radical (unpaired) electrons. The number of methoxy groups -OCH3 is 2. The number of hydrogen-bond acceptors (Lipinski definition) is 4. The zero-order valence-corrected chi connectivity index (χ0v) is 10.7. The molecule has 94 valence electrons. The number of nitrogens with one attached hydrogen (secondary N) is 1. The molecular weight excluding hydrogens is 216 g/mol. The molecule has 0 bridgehead atoms. The van der Waals surface area contributed by atoms with Gasteiger partial charge in [-0.2, -0.15) is 0 Å². The molecule has 0 aliphatic heterocycles. The zero-order chi connectivity index (χ0) is 12.5. The predicted octanol–water partition coefficient (Wildman–Crippen LogP) is 2.64. The fraction of sp³-hybridized carbons (Fsp3) is 0.538. The van der Waals surface area contributed by atoms with Gasteiger partial charge in [0.1, 0.15) is 0 Å². The summed E-state index contributed by atoms with van der Waals surface area (Å²) in [5.74, 6) is 1.36. The minimum atomic E-state index is 0.174. The Bertz CT molecular complexity index is 414. The number of ether oxygens (including phenoxy) is 2. The van der Waals surface area contributed by atoms with Crippen molar-refractivity contribution in [2.45, 2.75) is 31.7 Å². The van der Waals surface area contributed by atoms with Gasteiger partial charge in [-0.15, -0.1) is 0 Å². The highest BCUT2D eigenvalue weighted by Gasteiger charge is 2.32. The lowest BCUT2D eigenvalue weighted by Gasteiger charge is -2.40. The van der Waals surface area contributed by atoms with Crippen molar-refractivity contribution in [1.29, 1.82) is 0 Å². The maximum Gasteiger partial charge on any atom is 0.162 e. The van der Waals surface area contributed by atoms with Crippen molar-refractivity contribution >= 4 is 11.4 Å². The van der Waals surface area contributed by atoms with Gasteiger partial charge in [0, 0.05) is 17.7 Å². The van der Waals surface area contributed by atoms with E-state index in [9.17, 15) is 0 Å². The topological polar surface area (TPSA) is 56.5 Å². The Morgan fingerprint density at radius 3 is 2.24 bits per heavy atom. The van der Waals surface area contributed by atoms with E-state index in [4.69, 9.17) is 15.2 Å². The van der Waals surface area contributed by atoms with Crippen molar-refractivity contribution in [2.75, 3.05) is 25.3 Å². The Morgan fingerprint density at radius 2 is 1.76 bits per heavy atom. The molecule has 0 atom stereocenters. The molecule has 0 aromatic heterocycles. The maximum atomic E-state index is 6.01. The van der Waals surface area contributed by atoms with E-state index in [1.807, 2.05) is 6.07 Å². The molecule has 3 N–H and O–H groups in total. The Morgan fingerprint density at radius 1 is 1.18 bits per heavy atom. The first-order valence-electron chi connectivity index (χ1n) is 5.88. The van der Waals surface area contributed by atoms with Crippen LogP contribution in [0.2, 0.25) is 0 Å². The van der Waals surface area contributed by atoms with Crippen LogP contribution in [-0.4, -0.2) is 19.8 Å². The average molecular weight is 236 g/mol. The molecule has 1 fully saturated rings. The summed E-state index contributed by atoms with van der Waals surface area (Å²) in [6.45, 7) is 2.21. The first kappa shape index (κ1) is 11.9. The molecule has 2 rings (SSSR count). The number of nitrogen functional groups attached to an aromatic ring is 1. The van der Waals surface area contributed by atoms with Crippen LogP contribution in [0, 0.1) is 0 Å². The van der Waals surface area contributed by atoms with Gasteiger partial charge < -0.3 is 20.5 Å². The summed E-state index contributed by atoms with van der Waals surface area (Å²) < 4.78 is 10.5. The Balaban J connectivity index is 2.27. The SMILES string of the molecule is COc1cc(N)c(NC2(C)CCC2)cc1OC. The summed E-state index contributed by atoms with van der Waals surface area (Å²) >= 11 is 0. The summed E-state index contributed by atoms with van der Waals surface area (Å²) in [5.41, 5.74) is 7.79. The first-order chi connectivity index (χ1) is 8.08. The quantitative estimate of drug-likeness (QED) is 0.789. The van der Waals surface area contributed by atoms with Gasteiger partial charge in [-0.05, 0) is 26.2 Å². The molecule has 1 aromatic rings. The van der Waals surface area contributed by atoms with E-state index in [0.717, 1.165) is 5.69 Å². The van der Waals surface area contributed by atoms with Crippen LogP contribution in [0.1, 0.15) is 26.2 Å². The third-order valence-corrected chi connectivity index (χ3v) is 3.45. The molecule has 4 nitrogen and oxygen atoms in total. The second-order valence-corrected chi connectivity index (χ2v) is 4.83. The molecule has 1 saturated carbocycles. The van der Waals surface area contributed by atoms with Gasteiger partial charge in [-0.3, -0.25) is 0 Å².